The molecular weight excluding hydrogens is 454 g/mol. The van der Waals surface area contributed by atoms with E-state index in [9.17, 15) is 9.59 Å². The number of benzene rings is 3. The maximum atomic E-state index is 13.1. The van der Waals surface area contributed by atoms with Crippen molar-refractivity contribution >= 4 is 28.3 Å². The molecule has 2 N–H and O–H groups in total. The Morgan fingerprint density at radius 3 is 2.17 bits per heavy atom. The number of aryl methyl sites for hydroxylation is 1. The fraction of sp³-hybridized carbons (Fsp3) is 0.207. The molecule has 0 saturated heterocycles. The van der Waals surface area contributed by atoms with Crippen molar-refractivity contribution in [2.24, 2.45) is 5.92 Å². The fourth-order valence-corrected chi connectivity index (χ4v) is 4.61. The first-order valence-corrected chi connectivity index (χ1v) is 12.6. The lowest BCUT2D eigenvalue weighted by atomic mass is 10.0. The van der Waals surface area contributed by atoms with Gasteiger partial charge in [-0.2, -0.15) is 0 Å². The number of carbonyl (C=O) groups excluding carboxylic acids is 2. The van der Waals surface area contributed by atoms with Gasteiger partial charge in [-0.25, -0.2) is 4.98 Å². The van der Waals surface area contributed by atoms with E-state index in [1.54, 1.807) is 6.07 Å². The Morgan fingerprint density at radius 2 is 1.49 bits per heavy atom. The summed E-state index contributed by atoms with van der Waals surface area (Å²) in [6, 6.07) is 25.1. The smallest absolute Gasteiger partial charge is 0.252 e. The van der Waals surface area contributed by atoms with E-state index >= 15 is 0 Å². The topological polar surface area (TPSA) is 71.1 Å². The van der Waals surface area contributed by atoms with Crippen molar-refractivity contribution < 1.29 is 9.59 Å². The van der Waals surface area contributed by atoms with Gasteiger partial charge in [0.05, 0.1) is 5.69 Å². The highest BCUT2D eigenvalue weighted by atomic mass is 32.1. The van der Waals surface area contributed by atoms with E-state index in [1.807, 2.05) is 74.7 Å². The Bertz CT molecular complexity index is 1300. The van der Waals surface area contributed by atoms with E-state index in [0.29, 0.717) is 17.1 Å². The zero-order chi connectivity index (χ0) is 24.8. The number of hydrogen-bond donors (Lipinski definition) is 2. The van der Waals surface area contributed by atoms with Gasteiger partial charge in [-0.05, 0) is 42.0 Å². The molecule has 0 bridgehead atoms. The van der Waals surface area contributed by atoms with E-state index in [-0.39, 0.29) is 17.7 Å². The van der Waals surface area contributed by atoms with Crippen molar-refractivity contribution in [3.05, 3.63) is 95.4 Å². The lowest BCUT2D eigenvalue weighted by molar-refractivity contribution is -0.118. The molecule has 6 heteroatoms. The van der Waals surface area contributed by atoms with Crippen molar-refractivity contribution in [1.29, 1.82) is 0 Å². The fourth-order valence-electron chi connectivity index (χ4n) is 3.89. The Morgan fingerprint density at radius 1 is 0.857 bits per heavy atom. The van der Waals surface area contributed by atoms with Crippen molar-refractivity contribution in [2.45, 2.75) is 33.2 Å². The summed E-state index contributed by atoms with van der Waals surface area (Å²) >= 11 is 1.37. The normalized spacial score (nSPS) is 11.8. The molecule has 2 amide bonds. The maximum absolute atomic E-state index is 13.1. The molecule has 5 nitrogen and oxygen atoms in total. The van der Waals surface area contributed by atoms with Crippen molar-refractivity contribution in [3.8, 4) is 22.4 Å². The van der Waals surface area contributed by atoms with Crippen LogP contribution in [0.3, 0.4) is 0 Å². The van der Waals surface area contributed by atoms with Crippen molar-refractivity contribution in [2.75, 3.05) is 5.32 Å². The predicted molar refractivity (Wildman–Crippen MR) is 144 cm³/mol. The first-order valence-electron chi connectivity index (χ1n) is 11.7. The first kappa shape index (κ1) is 24.4. The SMILES string of the molecule is Cc1ccccc1C(=O)NC(CC(C)C)C(=O)Nc1nc(-c2ccc(-c3ccccc3)cc2)cs1. The molecule has 0 aliphatic heterocycles. The predicted octanol–water partition coefficient (Wildman–Crippen LogP) is 6.57. The third-order valence-corrected chi connectivity index (χ3v) is 6.50. The van der Waals surface area contributed by atoms with Gasteiger partial charge in [-0.15, -0.1) is 11.3 Å². The zero-order valence-electron chi connectivity index (χ0n) is 20.1. The van der Waals surface area contributed by atoms with E-state index in [2.05, 4.69) is 39.9 Å². The molecule has 0 saturated carbocycles. The van der Waals surface area contributed by atoms with Crippen LogP contribution in [-0.2, 0) is 4.79 Å². The molecular formula is C29H29N3O2S. The van der Waals surface area contributed by atoms with Crippen molar-refractivity contribution in [3.63, 3.8) is 0 Å². The van der Waals surface area contributed by atoms with E-state index in [4.69, 9.17) is 0 Å². The maximum Gasteiger partial charge on any atom is 0.252 e. The van der Waals surface area contributed by atoms with Gasteiger partial charge < -0.3 is 10.6 Å². The Balaban J connectivity index is 1.45. The molecule has 0 spiro atoms. The summed E-state index contributed by atoms with van der Waals surface area (Å²) < 4.78 is 0. The van der Waals surface area contributed by atoms with Crippen LogP contribution >= 0.6 is 11.3 Å². The van der Waals surface area contributed by atoms with Crippen LogP contribution in [0.1, 0.15) is 36.2 Å². The highest BCUT2D eigenvalue weighted by Gasteiger charge is 2.24. The molecule has 0 radical (unpaired) electrons. The first-order chi connectivity index (χ1) is 16.9. The van der Waals surface area contributed by atoms with Crippen LogP contribution in [0.25, 0.3) is 22.4 Å². The monoisotopic (exact) mass is 483 g/mol. The Labute approximate surface area is 210 Å². The standard InChI is InChI=1S/C29H29N3O2S/c1-19(2)17-25(30-27(33)24-12-8-7-9-20(24)3)28(34)32-29-31-26(18-35-29)23-15-13-22(14-16-23)21-10-5-4-6-11-21/h4-16,18-19,25H,17H2,1-3H3,(H,30,33)(H,31,32,34). The molecule has 0 fully saturated rings. The number of amides is 2. The van der Waals surface area contributed by atoms with Crippen LogP contribution in [0.4, 0.5) is 5.13 Å². The quantitative estimate of drug-likeness (QED) is 0.298. The molecule has 178 valence electrons. The van der Waals surface area contributed by atoms with Crippen LogP contribution in [0.5, 0.6) is 0 Å². The summed E-state index contributed by atoms with van der Waals surface area (Å²) in [4.78, 5) is 30.5. The second-order valence-corrected chi connectivity index (χ2v) is 9.80. The van der Waals surface area contributed by atoms with Gasteiger partial charge in [0.15, 0.2) is 5.13 Å². The highest BCUT2D eigenvalue weighted by Crippen LogP contribution is 2.28. The number of aromatic nitrogens is 1. The second-order valence-electron chi connectivity index (χ2n) is 8.94. The third-order valence-electron chi connectivity index (χ3n) is 5.74. The minimum absolute atomic E-state index is 0.234. The number of nitrogens with zero attached hydrogens (tertiary/aromatic N) is 1. The van der Waals surface area contributed by atoms with Gasteiger partial charge in [0, 0.05) is 16.5 Å². The molecule has 1 aromatic heterocycles. The van der Waals surface area contributed by atoms with Gasteiger partial charge in [-0.1, -0.05) is 86.6 Å². The summed E-state index contributed by atoms with van der Waals surface area (Å²) in [6.07, 6.45) is 0.530. The van der Waals surface area contributed by atoms with Gasteiger partial charge in [0.25, 0.3) is 5.91 Å². The highest BCUT2D eigenvalue weighted by molar-refractivity contribution is 7.14. The number of anilines is 1. The lowest BCUT2D eigenvalue weighted by Crippen LogP contribution is -2.44. The Hall–Kier alpha value is -3.77. The molecule has 3 aromatic carbocycles. The van der Waals surface area contributed by atoms with Crippen LogP contribution in [-0.4, -0.2) is 22.8 Å². The summed E-state index contributed by atoms with van der Waals surface area (Å²) in [7, 11) is 0. The number of nitrogens with one attached hydrogen (secondary N) is 2. The van der Waals surface area contributed by atoms with Crippen LogP contribution in [0.2, 0.25) is 0 Å². The zero-order valence-corrected chi connectivity index (χ0v) is 20.9. The molecule has 35 heavy (non-hydrogen) atoms. The number of hydrogen-bond acceptors (Lipinski definition) is 4. The number of rotatable bonds is 8. The number of thiazole rings is 1. The van der Waals surface area contributed by atoms with Crippen molar-refractivity contribution in [1.82, 2.24) is 10.3 Å². The summed E-state index contributed by atoms with van der Waals surface area (Å²) in [5.74, 6) is -0.277. The third kappa shape index (κ3) is 6.22. The minimum Gasteiger partial charge on any atom is -0.340 e. The molecule has 1 unspecified atom stereocenters. The second kappa shape index (κ2) is 11.1. The van der Waals surface area contributed by atoms with Gasteiger partial charge in [-0.3, -0.25) is 9.59 Å². The molecule has 1 heterocycles. The number of carbonyl (C=O) groups is 2. The average molecular weight is 484 g/mol. The molecule has 4 aromatic rings. The van der Waals surface area contributed by atoms with Crippen LogP contribution in [0, 0.1) is 12.8 Å². The van der Waals surface area contributed by atoms with E-state index < -0.39 is 6.04 Å². The largest absolute Gasteiger partial charge is 0.340 e. The van der Waals surface area contributed by atoms with Crippen LogP contribution in [0.15, 0.2) is 84.2 Å². The minimum atomic E-state index is -0.653. The molecule has 4 rings (SSSR count). The molecule has 0 aliphatic rings. The Kier molecular flexibility index (Phi) is 7.73. The summed E-state index contributed by atoms with van der Waals surface area (Å²) in [5, 5.41) is 8.25. The lowest BCUT2D eigenvalue weighted by Gasteiger charge is -2.20. The van der Waals surface area contributed by atoms with E-state index in [1.165, 1.54) is 11.3 Å². The summed E-state index contributed by atoms with van der Waals surface area (Å²) in [5.41, 5.74) is 5.52. The van der Waals surface area contributed by atoms with Gasteiger partial charge in [0.1, 0.15) is 6.04 Å². The van der Waals surface area contributed by atoms with Gasteiger partial charge >= 0.3 is 0 Å². The molecule has 0 aliphatic carbocycles. The molecule has 1 atom stereocenters. The van der Waals surface area contributed by atoms with Crippen LogP contribution < -0.4 is 10.6 Å². The summed E-state index contributed by atoms with van der Waals surface area (Å²) in [6.45, 7) is 5.94. The van der Waals surface area contributed by atoms with Gasteiger partial charge in [0.2, 0.25) is 5.91 Å². The van der Waals surface area contributed by atoms with E-state index in [0.717, 1.165) is 27.9 Å². The average Bonchev–Trinajstić information content (AvgIpc) is 3.32.